The molecule has 0 aliphatic rings. The Balaban J connectivity index is -0.000000403. The Kier molecular flexibility index (Phi) is 42.6. The Bertz CT molecular complexity index is 220. The van der Waals surface area contributed by atoms with Gasteiger partial charge in [-0.3, -0.25) is 0 Å². The molecule has 0 bridgehead atoms. The van der Waals surface area contributed by atoms with Crippen molar-refractivity contribution >= 4 is 0 Å². The van der Waals surface area contributed by atoms with Crippen LogP contribution in [0.25, 0.3) is 0 Å². The van der Waals surface area contributed by atoms with Crippen LogP contribution in [0.5, 0.6) is 0 Å². The first-order valence-electron chi connectivity index (χ1n) is 10.9. The molecule has 0 aliphatic carbocycles. The van der Waals surface area contributed by atoms with E-state index in [1.54, 1.807) is 0 Å². The molecule has 0 fully saturated rings. The predicted octanol–water partition coefficient (Wildman–Crippen LogP) is -1.65. The van der Waals surface area contributed by atoms with E-state index in [1.165, 1.54) is 120 Å². The van der Waals surface area contributed by atoms with Crippen molar-refractivity contribution in [1.29, 1.82) is 0 Å². The molecule has 0 atom stereocenters. The van der Waals surface area contributed by atoms with E-state index in [0.717, 1.165) is 0 Å². The summed E-state index contributed by atoms with van der Waals surface area (Å²) in [4.78, 5) is 0. The smallest absolute Gasteiger partial charge is 1.00 e. The Morgan fingerprint density at radius 2 is 0.630 bits per heavy atom. The van der Waals surface area contributed by atoms with Gasteiger partial charge in [0.15, 0.2) is 0 Å². The maximum atomic E-state index is 2.43. The van der Waals surface area contributed by atoms with Gasteiger partial charge in [-0.25, -0.2) is 0 Å². The third-order valence-electron chi connectivity index (χ3n) is 5.23. The molecule has 0 aromatic rings. The fourth-order valence-corrected chi connectivity index (χ4v) is 3.46. The van der Waals surface area contributed by atoms with Crippen LogP contribution in [0, 0.1) is 0 Å². The van der Waals surface area contributed by atoms with Gasteiger partial charge in [-0.2, -0.15) is 0 Å². The van der Waals surface area contributed by atoms with E-state index in [0.29, 0.717) is 0 Å². The minimum atomic E-state index is 0. The van der Waals surface area contributed by atoms with Crippen LogP contribution in [-0.4, -0.2) is 31.7 Å². The zero-order chi connectivity index (χ0) is 17.2. The van der Waals surface area contributed by atoms with Gasteiger partial charge >= 0.3 is 17.1 Å². The maximum Gasteiger partial charge on any atom is 2.00 e. The van der Waals surface area contributed by atoms with Crippen LogP contribution in [0.4, 0.5) is 0 Å². The zero-order valence-electron chi connectivity index (χ0n) is 18.6. The fraction of sp³-hybridized carbons (Fsp3) is 1.00. The quantitative estimate of drug-likeness (QED) is 0.121. The van der Waals surface area contributed by atoms with Crippen LogP contribution >= 0.6 is 0 Å². The Morgan fingerprint density at radius 1 is 0.407 bits per heavy atom. The van der Waals surface area contributed by atoms with Gasteiger partial charge in [0.1, 0.15) is 0 Å². The van der Waals surface area contributed by atoms with Crippen molar-refractivity contribution in [2.45, 2.75) is 117 Å². The maximum absolute atomic E-state index is 2.43. The third kappa shape index (κ3) is 32.2. The van der Waals surface area contributed by atoms with Gasteiger partial charge in [-0.05, 0) is 25.7 Å². The molecular weight excluding hydrogens is 448 g/mol. The molecule has 5 heteroatoms. The summed E-state index contributed by atoms with van der Waals surface area (Å²) >= 11 is 0. The second-order valence-electron chi connectivity index (χ2n) is 8.33. The molecule has 1 radical (unpaired) electrons. The molecular formula is C22H48Cl3CuN. The molecule has 0 saturated carbocycles. The second kappa shape index (κ2) is 29.5. The third-order valence-corrected chi connectivity index (χ3v) is 5.23. The standard InChI is InChI=1S/C22H48N.3ClH.Cu/c1-5-7-9-11-13-15-17-19-21-23(3,4)22-20-18-16-14-12-10-8-6-2;;;;/h5-22H2,1-4H3;3*1H;/q+1;;;;+2/p-3. The first-order valence-corrected chi connectivity index (χ1v) is 10.9. The average molecular weight is 497 g/mol. The molecule has 0 saturated heterocycles. The summed E-state index contributed by atoms with van der Waals surface area (Å²) in [5.74, 6) is 0. The summed E-state index contributed by atoms with van der Waals surface area (Å²) in [5.41, 5.74) is 0. The summed E-state index contributed by atoms with van der Waals surface area (Å²) in [6.45, 7) is 7.36. The minimum absolute atomic E-state index is 0. The average Bonchev–Trinajstić information content (AvgIpc) is 2.52. The zero-order valence-corrected chi connectivity index (χ0v) is 21.8. The van der Waals surface area contributed by atoms with E-state index >= 15 is 0 Å². The van der Waals surface area contributed by atoms with E-state index < -0.39 is 0 Å². The van der Waals surface area contributed by atoms with Crippen molar-refractivity contribution in [2.24, 2.45) is 0 Å². The number of hydrogen-bond donors (Lipinski definition) is 0. The van der Waals surface area contributed by atoms with Crippen LogP contribution in [0.15, 0.2) is 0 Å². The van der Waals surface area contributed by atoms with E-state index in [-0.39, 0.29) is 54.3 Å². The van der Waals surface area contributed by atoms with E-state index in [4.69, 9.17) is 0 Å². The van der Waals surface area contributed by atoms with Crippen LogP contribution in [-0.2, 0) is 17.1 Å². The number of hydrogen-bond acceptors (Lipinski definition) is 0. The molecule has 1 nitrogen and oxygen atoms in total. The van der Waals surface area contributed by atoms with Crippen LogP contribution in [0.2, 0.25) is 0 Å². The van der Waals surface area contributed by atoms with Crippen molar-refractivity contribution in [1.82, 2.24) is 0 Å². The first-order chi connectivity index (χ1) is 11.1. The number of rotatable bonds is 18. The molecule has 0 N–H and O–H groups in total. The fourth-order valence-electron chi connectivity index (χ4n) is 3.46. The largest absolute Gasteiger partial charge is 2.00 e. The first kappa shape index (κ1) is 38.9. The number of halogens is 3. The Morgan fingerprint density at radius 3 is 0.889 bits per heavy atom. The SMILES string of the molecule is CCCCCCCCCC[N+](C)(C)CCCCCCCCCC.[Cl-].[Cl-].[Cl-].[Cu+2]. The van der Waals surface area contributed by atoms with Crippen molar-refractivity contribution in [3.63, 3.8) is 0 Å². The molecule has 0 aromatic carbocycles. The van der Waals surface area contributed by atoms with Gasteiger partial charge in [-0.1, -0.05) is 90.9 Å². The van der Waals surface area contributed by atoms with Gasteiger partial charge in [0.05, 0.1) is 27.2 Å². The van der Waals surface area contributed by atoms with Crippen molar-refractivity contribution in [3.8, 4) is 0 Å². The molecule has 173 valence electrons. The normalized spacial score (nSPS) is 10.2. The summed E-state index contributed by atoms with van der Waals surface area (Å²) in [6, 6.07) is 0. The molecule has 0 rings (SSSR count). The van der Waals surface area contributed by atoms with Gasteiger partial charge in [0.2, 0.25) is 0 Å². The summed E-state index contributed by atoms with van der Waals surface area (Å²) in [5, 5.41) is 0. The molecule has 0 amide bonds. The minimum Gasteiger partial charge on any atom is -1.00 e. The van der Waals surface area contributed by atoms with Gasteiger partial charge in [0, 0.05) is 0 Å². The van der Waals surface area contributed by atoms with E-state index in [2.05, 4.69) is 27.9 Å². The topological polar surface area (TPSA) is 0 Å². The molecule has 0 heterocycles. The van der Waals surface area contributed by atoms with Gasteiger partial charge in [0.25, 0.3) is 0 Å². The summed E-state index contributed by atoms with van der Waals surface area (Å²) in [7, 11) is 4.87. The molecule has 0 unspecified atom stereocenters. The molecule has 27 heavy (non-hydrogen) atoms. The van der Waals surface area contributed by atoms with Gasteiger partial charge < -0.3 is 41.7 Å². The number of unbranched alkanes of at least 4 members (excludes halogenated alkanes) is 14. The van der Waals surface area contributed by atoms with Crippen molar-refractivity contribution in [3.05, 3.63) is 0 Å². The van der Waals surface area contributed by atoms with Crippen LogP contribution < -0.4 is 37.2 Å². The van der Waals surface area contributed by atoms with Gasteiger partial charge in [-0.15, -0.1) is 0 Å². The predicted molar refractivity (Wildman–Crippen MR) is 107 cm³/mol. The summed E-state index contributed by atoms with van der Waals surface area (Å²) in [6.07, 6.45) is 23.0. The van der Waals surface area contributed by atoms with E-state index in [9.17, 15) is 0 Å². The summed E-state index contributed by atoms with van der Waals surface area (Å²) < 4.78 is 1.24. The Hall–Kier alpha value is 1.35. The monoisotopic (exact) mass is 494 g/mol. The molecule has 0 aromatic heterocycles. The van der Waals surface area contributed by atoms with Crippen molar-refractivity contribution in [2.75, 3.05) is 27.2 Å². The Labute approximate surface area is 201 Å². The number of nitrogens with zero attached hydrogens (tertiary/aromatic N) is 1. The van der Waals surface area contributed by atoms with Crippen LogP contribution in [0.3, 0.4) is 0 Å². The number of quaternary nitrogens is 1. The van der Waals surface area contributed by atoms with Crippen molar-refractivity contribution < 1.29 is 58.8 Å². The van der Waals surface area contributed by atoms with Crippen LogP contribution in [0.1, 0.15) is 117 Å². The second-order valence-corrected chi connectivity index (χ2v) is 8.33. The molecule has 0 aliphatic heterocycles. The molecule has 0 spiro atoms. The van der Waals surface area contributed by atoms with E-state index in [1.807, 2.05) is 0 Å².